The summed E-state index contributed by atoms with van der Waals surface area (Å²) in [7, 11) is 2.15. The van der Waals surface area contributed by atoms with Crippen LogP contribution in [0.1, 0.15) is 29.5 Å². The van der Waals surface area contributed by atoms with Gasteiger partial charge in [0.25, 0.3) is 0 Å². The van der Waals surface area contributed by atoms with E-state index in [1.807, 2.05) is 0 Å². The number of benzene rings is 1. The van der Waals surface area contributed by atoms with Crippen molar-refractivity contribution in [3.63, 3.8) is 0 Å². The number of aryl methyl sites for hydroxylation is 2. The highest BCUT2D eigenvalue weighted by Crippen LogP contribution is 2.45. The Hall–Kier alpha value is -0.860. The summed E-state index contributed by atoms with van der Waals surface area (Å²) in [5.41, 5.74) is 4.30. The second-order valence-electron chi connectivity index (χ2n) is 5.76. The molecule has 0 heterocycles. The highest BCUT2D eigenvalue weighted by molar-refractivity contribution is 5.30. The maximum absolute atomic E-state index is 9.34. The van der Waals surface area contributed by atoms with Gasteiger partial charge in [-0.05, 0) is 44.9 Å². The van der Waals surface area contributed by atoms with Gasteiger partial charge in [-0.25, -0.2) is 0 Å². The van der Waals surface area contributed by atoms with E-state index in [1.165, 1.54) is 29.5 Å². The molecule has 1 aromatic rings. The van der Waals surface area contributed by atoms with Gasteiger partial charge in [-0.2, -0.15) is 0 Å². The first-order valence-electron chi connectivity index (χ1n) is 6.40. The summed E-state index contributed by atoms with van der Waals surface area (Å²) in [4.78, 5) is 2.33. The summed E-state index contributed by atoms with van der Waals surface area (Å²) in [5, 5.41) is 9.34. The minimum absolute atomic E-state index is 0.216. The largest absolute Gasteiger partial charge is 0.396 e. The van der Waals surface area contributed by atoms with Gasteiger partial charge in [0.15, 0.2) is 0 Å². The third-order valence-corrected chi connectivity index (χ3v) is 3.84. The summed E-state index contributed by atoms with van der Waals surface area (Å²) in [6, 6.07) is 6.64. The molecule has 2 heteroatoms. The Morgan fingerprint density at radius 2 is 2.00 bits per heavy atom. The van der Waals surface area contributed by atoms with Crippen molar-refractivity contribution in [3.8, 4) is 0 Å². The van der Waals surface area contributed by atoms with Crippen molar-refractivity contribution < 1.29 is 5.11 Å². The van der Waals surface area contributed by atoms with Gasteiger partial charge in [0.1, 0.15) is 0 Å². The molecule has 0 saturated heterocycles. The summed E-state index contributed by atoms with van der Waals surface area (Å²) < 4.78 is 0. The van der Waals surface area contributed by atoms with Crippen LogP contribution >= 0.6 is 0 Å². The quantitative estimate of drug-likeness (QED) is 0.844. The zero-order valence-electron chi connectivity index (χ0n) is 11.2. The first kappa shape index (κ1) is 12.6. The molecule has 1 aliphatic rings. The van der Waals surface area contributed by atoms with Crippen molar-refractivity contribution in [2.45, 2.75) is 33.2 Å². The van der Waals surface area contributed by atoms with Crippen LogP contribution in [0, 0.1) is 19.3 Å². The van der Waals surface area contributed by atoms with Crippen molar-refractivity contribution >= 4 is 0 Å². The number of aliphatic hydroxyl groups excluding tert-OH is 1. The van der Waals surface area contributed by atoms with E-state index >= 15 is 0 Å². The van der Waals surface area contributed by atoms with Crippen LogP contribution in [-0.4, -0.2) is 30.2 Å². The van der Waals surface area contributed by atoms with Crippen LogP contribution in [-0.2, 0) is 6.54 Å². The molecule has 17 heavy (non-hydrogen) atoms. The van der Waals surface area contributed by atoms with Crippen molar-refractivity contribution in [2.75, 3.05) is 20.2 Å². The van der Waals surface area contributed by atoms with Crippen LogP contribution in [0.2, 0.25) is 0 Å². The fourth-order valence-electron chi connectivity index (χ4n) is 2.49. The molecule has 0 atom stereocenters. The molecule has 0 aromatic heterocycles. The molecule has 2 nitrogen and oxygen atoms in total. The first-order valence-corrected chi connectivity index (χ1v) is 6.40. The molecule has 1 fully saturated rings. The lowest BCUT2D eigenvalue weighted by molar-refractivity contribution is 0.161. The van der Waals surface area contributed by atoms with E-state index in [-0.39, 0.29) is 5.41 Å². The molecule has 1 N–H and O–H groups in total. The number of aliphatic hydroxyl groups is 1. The lowest BCUT2D eigenvalue weighted by Gasteiger charge is -2.23. The topological polar surface area (TPSA) is 23.5 Å². The molecule has 1 aliphatic carbocycles. The Morgan fingerprint density at radius 1 is 1.29 bits per heavy atom. The van der Waals surface area contributed by atoms with Crippen LogP contribution < -0.4 is 0 Å². The summed E-state index contributed by atoms with van der Waals surface area (Å²) in [5.74, 6) is 0. The molecule has 0 spiro atoms. The van der Waals surface area contributed by atoms with E-state index in [0.717, 1.165) is 13.1 Å². The SMILES string of the molecule is Cc1ccc(CN(C)CC2(CO)CC2)c(C)c1. The van der Waals surface area contributed by atoms with Crippen molar-refractivity contribution in [1.29, 1.82) is 0 Å². The second kappa shape index (κ2) is 4.79. The van der Waals surface area contributed by atoms with E-state index in [4.69, 9.17) is 0 Å². The average Bonchev–Trinajstić information content (AvgIpc) is 3.03. The van der Waals surface area contributed by atoms with E-state index in [1.54, 1.807) is 0 Å². The molecule has 94 valence electrons. The summed E-state index contributed by atoms with van der Waals surface area (Å²) >= 11 is 0. The Morgan fingerprint density at radius 3 is 2.53 bits per heavy atom. The van der Waals surface area contributed by atoms with Crippen LogP contribution in [0.3, 0.4) is 0 Å². The molecule has 0 radical (unpaired) electrons. The number of hydrogen-bond donors (Lipinski definition) is 1. The van der Waals surface area contributed by atoms with Crippen molar-refractivity contribution in [3.05, 3.63) is 34.9 Å². The van der Waals surface area contributed by atoms with E-state index in [2.05, 4.69) is 44.0 Å². The summed E-state index contributed by atoms with van der Waals surface area (Å²) in [6.07, 6.45) is 2.36. The summed E-state index contributed by atoms with van der Waals surface area (Å²) in [6.45, 7) is 6.63. The zero-order chi connectivity index (χ0) is 12.5. The Bertz CT molecular complexity index is 396. The predicted molar refractivity (Wildman–Crippen MR) is 71.0 cm³/mol. The normalized spacial score (nSPS) is 17.5. The Balaban J connectivity index is 1.96. The Kier molecular flexibility index (Phi) is 3.55. The van der Waals surface area contributed by atoms with Crippen molar-refractivity contribution in [2.24, 2.45) is 5.41 Å². The monoisotopic (exact) mass is 233 g/mol. The predicted octanol–water partition coefficient (Wildman–Crippen LogP) is 2.51. The highest BCUT2D eigenvalue weighted by Gasteiger charge is 2.42. The fourth-order valence-corrected chi connectivity index (χ4v) is 2.49. The first-order chi connectivity index (χ1) is 8.04. The zero-order valence-corrected chi connectivity index (χ0v) is 11.2. The van der Waals surface area contributed by atoms with Gasteiger partial charge in [0, 0.05) is 25.1 Å². The van der Waals surface area contributed by atoms with E-state index < -0.39 is 0 Å². The molecule has 0 aliphatic heterocycles. The van der Waals surface area contributed by atoms with Crippen molar-refractivity contribution in [1.82, 2.24) is 4.90 Å². The van der Waals surface area contributed by atoms with Gasteiger partial charge in [-0.3, -0.25) is 0 Å². The van der Waals surface area contributed by atoms with E-state index in [0.29, 0.717) is 6.61 Å². The maximum atomic E-state index is 9.34. The average molecular weight is 233 g/mol. The molecular formula is C15H23NO. The lowest BCUT2D eigenvalue weighted by atomic mass is 10.0. The number of nitrogens with zero attached hydrogens (tertiary/aromatic N) is 1. The van der Waals surface area contributed by atoms with E-state index in [9.17, 15) is 5.11 Å². The molecule has 1 aromatic carbocycles. The number of rotatable bonds is 5. The smallest absolute Gasteiger partial charge is 0.0499 e. The highest BCUT2D eigenvalue weighted by atomic mass is 16.3. The molecule has 0 bridgehead atoms. The minimum Gasteiger partial charge on any atom is -0.396 e. The van der Waals surface area contributed by atoms with Gasteiger partial charge >= 0.3 is 0 Å². The van der Waals surface area contributed by atoms with Crippen LogP contribution in [0.5, 0.6) is 0 Å². The van der Waals surface area contributed by atoms with Gasteiger partial charge in [0.2, 0.25) is 0 Å². The minimum atomic E-state index is 0.216. The lowest BCUT2D eigenvalue weighted by Crippen LogP contribution is -2.28. The number of hydrogen-bond acceptors (Lipinski definition) is 2. The maximum Gasteiger partial charge on any atom is 0.0499 e. The standard InChI is InChI=1S/C15H23NO/c1-12-4-5-14(13(2)8-12)9-16(3)10-15(11-17)6-7-15/h4-5,8,17H,6-7,9-11H2,1-3H3. The van der Waals surface area contributed by atoms with Crippen LogP contribution in [0.15, 0.2) is 18.2 Å². The second-order valence-corrected chi connectivity index (χ2v) is 5.76. The van der Waals surface area contributed by atoms with Gasteiger partial charge in [-0.1, -0.05) is 23.8 Å². The Labute approximate surface area is 104 Å². The fraction of sp³-hybridized carbons (Fsp3) is 0.600. The van der Waals surface area contributed by atoms with Gasteiger partial charge in [0.05, 0.1) is 0 Å². The molecule has 2 rings (SSSR count). The van der Waals surface area contributed by atoms with Crippen LogP contribution in [0.4, 0.5) is 0 Å². The molecule has 1 saturated carbocycles. The third-order valence-electron chi connectivity index (χ3n) is 3.84. The van der Waals surface area contributed by atoms with Crippen LogP contribution in [0.25, 0.3) is 0 Å². The third kappa shape index (κ3) is 3.08. The molecular weight excluding hydrogens is 210 g/mol. The van der Waals surface area contributed by atoms with Gasteiger partial charge < -0.3 is 10.0 Å². The molecule has 0 unspecified atom stereocenters. The van der Waals surface area contributed by atoms with Gasteiger partial charge in [-0.15, -0.1) is 0 Å². The molecule has 0 amide bonds.